The van der Waals surface area contributed by atoms with E-state index in [2.05, 4.69) is 14.6 Å². The van der Waals surface area contributed by atoms with Crippen molar-refractivity contribution in [1.29, 1.82) is 0 Å². The fourth-order valence-electron chi connectivity index (χ4n) is 1.06. The quantitative estimate of drug-likeness (QED) is 0.598. The van der Waals surface area contributed by atoms with E-state index < -0.39 is 6.04 Å². The summed E-state index contributed by atoms with van der Waals surface area (Å²) in [5, 5.41) is 0. The maximum Gasteiger partial charge on any atom is 0.324 e. The molecule has 0 bridgehead atoms. The van der Waals surface area contributed by atoms with E-state index in [1.54, 1.807) is 12.4 Å². The second-order valence-corrected chi connectivity index (χ2v) is 2.96. The van der Waals surface area contributed by atoms with Gasteiger partial charge in [0.1, 0.15) is 6.04 Å². The van der Waals surface area contributed by atoms with Crippen molar-refractivity contribution in [2.24, 2.45) is 0 Å². The minimum Gasteiger partial charge on any atom is -0.468 e. The van der Waals surface area contributed by atoms with E-state index in [0.29, 0.717) is 6.42 Å². The van der Waals surface area contributed by atoms with Gasteiger partial charge in [0, 0.05) is 12.4 Å². The van der Waals surface area contributed by atoms with Crippen molar-refractivity contribution in [3.63, 3.8) is 0 Å². The lowest BCUT2D eigenvalue weighted by atomic mass is 10.1. The van der Waals surface area contributed by atoms with Crippen LogP contribution in [-0.2, 0) is 16.0 Å². The van der Waals surface area contributed by atoms with Gasteiger partial charge in [-0.3, -0.25) is 9.78 Å². The van der Waals surface area contributed by atoms with E-state index in [0.717, 1.165) is 5.56 Å². The maximum absolute atomic E-state index is 11.2. The molecule has 0 aliphatic heterocycles. The molecule has 0 saturated carbocycles. The summed E-state index contributed by atoms with van der Waals surface area (Å²) in [4.78, 5) is 17.4. The van der Waals surface area contributed by atoms with Gasteiger partial charge in [0.05, 0.1) is 7.11 Å². The lowest BCUT2D eigenvalue weighted by Crippen LogP contribution is -2.33. The molecule has 4 nitrogen and oxygen atoms in total. The number of nitrogens with one attached hydrogen (secondary N) is 1. The Hall–Kier alpha value is -1.13. The summed E-state index contributed by atoms with van der Waals surface area (Å²) in [6.07, 6.45) is 3.81. The molecule has 0 spiro atoms. The van der Waals surface area contributed by atoms with Gasteiger partial charge in [-0.25, -0.2) is 4.84 Å². The zero-order chi connectivity index (χ0) is 10.4. The van der Waals surface area contributed by atoms with Crippen LogP contribution in [0.5, 0.6) is 0 Å². The number of nitrogens with zero attached hydrogens (tertiary/aromatic N) is 1. The fraction of sp³-hybridized carbons (Fsp3) is 0.333. The van der Waals surface area contributed by atoms with E-state index in [1.165, 1.54) is 7.11 Å². The van der Waals surface area contributed by atoms with Crippen molar-refractivity contribution in [3.05, 3.63) is 30.1 Å². The van der Waals surface area contributed by atoms with Crippen LogP contribution in [0.1, 0.15) is 5.56 Å². The highest BCUT2D eigenvalue weighted by molar-refractivity contribution is 6.14. The number of esters is 1. The van der Waals surface area contributed by atoms with Crippen molar-refractivity contribution in [1.82, 2.24) is 9.82 Å². The van der Waals surface area contributed by atoms with Crippen LogP contribution < -0.4 is 4.84 Å². The number of hydrogen-bond acceptors (Lipinski definition) is 4. The first-order chi connectivity index (χ1) is 6.77. The molecule has 0 aliphatic rings. The summed E-state index contributed by atoms with van der Waals surface area (Å²) < 4.78 is 4.57. The van der Waals surface area contributed by atoms with Gasteiger partial charge in [-0.15, -0.1) is 0 Å². The summed E-state index contributed by atoms with van der Waals surface area (Å²) in [5.74, 6) is -0.378. The summed E-state index contributed by atoms with van der Waals surface area (Å²) in [5.41, 5.74) is 0.976. The second kappa shape index (κ2) is 5.57. The first kappa shape index (κ1) is 10.9. The van der Waals surface area contributed by atoms with E-state index in [-0.39, 0.29) is 5.97 Å². The number of rotatable bonds is 4. The smallest absolute Gasteiger partial charge is 0.324 e. The Morgan fingerprint density at radius 1 is 1.64 bits per heavy atom. The van der Waals surface area contributed by atoms with Crippen molar-refractivity contribution >= 4 is 17.7 Å². The zero-order valence-corrected chi connectivity index (χ0v) is 8.49. The molecule has 1 aromatic rings. The zero-order valence-electron chi connectivity index (χ0n) is 7.74. The Kier molecular flexibility index (Phi) is 4.35. The van der Waals surface area contributed by atoms with E-state index in [9.17, 15) is 4.79 Å². The highest BCUT2D eigenvalue weighted by atomic mass is 35.5. The van der Waals surface area contributed by atoms with Crippen LogP contribution in [0.3, 0.4) is 0 Å². The fourth-order valence-corrected chi connectivity index (χ4v) is 1.23. The number of aromatic nitrogens is 1. The third kappa shape index (κ3) is 2.97. The van der Waals surface area contributed by atoms with Crippen molar-refractivity contribution in [3.8, 4) is 0 Å². The van der Waals surface area contributed by atoms with E-state index in [4.69, 9.17) is 11.8 Å². The van der Waals surface area contributed by atoms with Crippen LogP contribution >= 0.6 is 11.8 Å². The monoisotopic (exact) mass is 214 g/mol. The number of hydrogen-bond donors (Lipinski definition) is 1. The highest BCUT2D eigenvalue weighted by Gasteiger charge is 2.17. The van der Waals surface area contributed by atoms with Gasteiger partial charge >= 0.3 is 5.97 Å². The Labute approximate surface area is 87.4 Å². The van der Waals surface area contributed by atoms with E-state index >= 15 is 0 Å². The number of halogens is 1. The molecular weight excluding hydrogens is 204 g/mol. The predicted molar refractivity (Wildman–Crippen MR) is 52.7 cm³/mol. The maximum atomic E-state index is 11.2. The minimum atomic E-state index is -0.524. The topological polar surface area (TPSA) is 51.2 Å². The van der Waals surface area contributed by atoms with E-state index in [1.807, 2.05) is 12.1 Å². The van der Waals surface area contributed by atoms with Gasteiger partial charge in [-0.05, 0) is 35.9 Å². The first-order valence-electron chi connectivity index (χ1n) is 4.11. The number of methoxy groups -OCH3 is 1. The molecule has 1 rings (SSSR count). The Bertz CT molecular complexity index is 292. The van der Waals surface area contributed by atoms with Crippen molar-refractivity contribution in [2.75, 3.05) is 7.11 Å². The molecule has 14 heavy (non-hydrogen) atoms. The molecule has 76 valence electrons. The van der Waals surface area contributed by atoms with Crippen LogP contribution in [0.15, 0.2) is 24.5 Å². The second-order valence-electron chi connectivity index (χ2n) is 2.74. The van der Waals surface area contributed by atoms with Gasteiger partial charge in [-0.2, -0.15) is 0 Å². The van der Waals surface area contributed by atoms with Gasteiger partial charge in [-0.1, -0.05) is 0 Å². The van der Waals surface area contributed by atoms with Crippen molar-refractivity contribution < 1.29 is 9.53 Å². The molecule has 0 unspecified atom stereocenters. The molecular formula is C9H11ClN2O2. The summed E-state index contributed by atoms with van der Waals surface area (Å²) >= 11 is 5.42. The van der Waals surface area contributed by atoms with Gasteiger partial charge in [0.15, 0.2) is 0 Å². The Morgan fingerprint density at radius 2 is 2.29 bits per heavy atom. The molecule has 0 aliphatic carbocycles. The molecule has 0 amide bonds. The summed E-state index contributed by atoms with van der Waals surface area (Å²) in [6.45, 7) is 0. The molecule has 1 aromatic heterocycles. The van der Waals surface area contributed by atoms with Crippen LogP contribution in [0.25, 0.3) is 0 Å². The van der Waals surface area contributed by atoms with Gasteiger partial charge in [0.2, 0.25) is 0 Å². The van der Waals surface area contributed by atoms with Crippen LogP contribution in [0, 0.1) is 0 Å². The lowest BCUT2D eigenvalue weighted by Gasteiger charge is -2.11. The summed E-state index contributed by atoms with van der Waals surface area (Å²) in [6, 6.07) is 3.12. The molecule has 0 aromatic carbocycles. The molecule has 1 heterocycles. The molecule has 1 atom stereocenters. The summed E-state index contributed by atoms with van der Waals surface area (Å²) in [7, 11) is 1.33. The number of ether oxygens (including phenoxy) is 1. The molecule has 0 radical (unpaired) electrons. The van der Waals surface area contributed by atoms with Crippen LogP contribution in [0.4, 0.5) is 0 Å². The average Bonchev–Trinajstić information content (AvgIpc) is 2.26. The lowest BCUT2D eigenvalue weighted by molar-refractivity contribution is -0.142. The number of carbonyl (C=O) groups is 1. The standard InChI is InChI=1S/C9H11ClN2O2/c1-14-9(13)8(12-10)6-7-2-4-11-5-3-7/h2-5,8,12H,6H2,1H3/t8-/m0/s1. The predicted octanol–water partition coefficient (Wildman–Crippen LogP) is 0.909. The molecule has 0 saturated heterocycles. The third-order valence-corrected chi connectivity index (χ3v) is 2.07. The van der Waals surface area contributed by atoms with Crippen LogP contribution in [0.2, 0.25) is 0 Å². The van der Waals surface area contributed by atoms with Crippen LogP contribution in [-0.4, -0.2) is 24.1 Å². The number of carbonyl (C=O) groups excluding carboxylic acids is 1. The first-order valence-corrected chi connectivity index (χ1v) is 4.48. The minimum absolute atomic E-state index is 0.378. The Balaban J connectivity index is 2.62. The number of pyridine rings is 1. The highest BCUT2D eigenvalue weighted by Crippen LogP contribution is 2.03. The van der Waals surface area contributed by atoms with Gasteiger partial charge < -0.3 is 4.74 Å². The Morgan fingerprint density at radius 3 is 2.79 bits per heavy atom. The van der Waals surface area contributed by atoms with Gasteiger partial charge in [0.25, 0.3) is 0 Å². The third-order valence-electron chi connectivity index (χ3n) is 1.81. The average molecular weight is 215 g/mol. The SMILES string of the molecule is COC(=O)[C@H](Cc1ccncc1)NCl. The molecule has 1 N–H and O–H groups in total. The molecule has 0 fully saturated rings. The largest absolute Gasteiger partial charge is 0.468 e. The van der Waals surface area contributed by atoms with Crippen molar-refractivity contribution in [2.45, 2.75) is 12.5 Å². The molecule has 5 heteroatoms. The normalized spacial score (nSPS) is 12.1.